The van der Waals surface area contributed by atoms with E-state index in [1.54, 1.807) is 7.11 Å². The number of aromatic nitrogens is 2. The van der Waals surface area contributed by atoms with Crippen LogP contribution < -0.4 is 16.4 Å². The first kappa shape index (κ1) is 48.6. The molecule has 3 amide bonds. The fraction of sp³-hybridized carbons (Fsp3) is 0.685. The molecule has 3 saturated carbocycles. The lowest BCUT2D eigenvalue weighted by atomic mass is 9.83. The first-order valence-corrected chi connectivity index (χ1v) is 27.1. The minimum absolute atomic E-state index is 0.000678. The van der Waals surface area contributed by atoms with Gasteiger partial charge in [0, 0.05) is 91.7 Å². The van der Waals surface area contributed by atoms with Crippen molar-refractivity contribution in [3.8, 4) is 11.3 Å². The molecule has 374 valence electrons. The van der Waals surface area contributed by atoms with Crippen LogP contribution in [0.2, 0.25) is 0 Å². The lowest BCUT2D eigenvalue weighted by Gasteiger charge is -2.33. The third-order valence-corrected chi connectivity index (χ3v) is 18.0. The molecule has 9 atom stereocenters. The number of nitrogens with zero attached hydrogens (tertiary/aromatic N) is 5. The van der Waals surface area contributed by atoms with Crippen LogP contribution in [0.15, 0.2) is 34.3 Å². The number of rotatable bonds is 10. The van der Waals surface area contributed by atoms with E-state index in [4.69, 9.17) is 19.5 Å². The Balaban J connectivity index is 0.923. The first-order valence-electron chi connectivity index (χ1n) is 26.2. The van der Waals surface area contributed by atoms with Gasteiger partial charge in [0.1, 0.15) is 12.1 Å². The normalized spacial score (nSPS) is 31.6. The molecule has 6 heterocycles. The SMILES string of the molecule is CCn1c(C2=C([C@H](C)OC)N=CCC2)c2c3cc(ccc31)-c1csc(n1)C[C@H](NC(=O)[C@H](C(C)C)N1CC[C@]3(CCN(C(=O)[C@@]45CC4[C@@H]5C4CC4)C3)C1)C(=O)NCCC[C@H]([NH3+])C(O)OCC(C)(C)C2. The summed E-state index contributed by atoms with van der Waals surface area (Å²) in [6, 6.07) is 4.91. The largest absolute Gasteiger partial charge is 0.375 e. The number of nitrogens with one attached hydrogen (secondary N) is 2. The molecule has 15 heteroatoms. The number of quaternary nitrogens is 1. The summed E-state index contributed by atoms with van der Waals surface area (Å²) in [7, 11) is 1.73. The summed E-state index contributed by atoms with van der Waals surface area (Å²) in [5.74, 6) is 2.10. The zero-order chi connectivity index (χ0) is 48.6. The average molecular weight is 966 g/mol. The summed E-state index contributed by atoms with van der Waals surface area (Å²) >= 11 is 1.51. The topological polar surface area (TPSA) is 178 Å². The molecule has 69 heavy (non-hydrogen) atoms. The zero-order valence-electron chi connectivity index (χ0n) is 42.2. The molecule has 7 aliphatic rings. The van der Waals surface area contributed by atoms with Crippen LogP contribution in [0.3, 0.4) is 0 Å². The van der Waals surface area contributed by atoms with Crippen molar-refractivity contribution >= 4 is 51.7 Å². The molecule has 5 fully saturated rings. The maximum Gasteiger partial charge on any atom is 0.243 e. The van der Waals surface area contributed by atoms with Crippen LogP contribution in [0.5, 0.6) is 0 Å². The Bertz CT molecular complexity index is 2530. The quantitative estimate of drug-likeness (QED) is 0.196. The molecule has 3 aliphatic carbocycles. The highest BCUT2D eigenvalue weighted by atomic mass is 32.1. The number of hydrogen-bond donors (Lipinski definition) is 4. The highest BCUT2D eigenvalue weighted by molar-refractivity contribution is 7.10. The predicted octanol–water partition coefficient (Wildman–Crippen LogP) is 5.84. The van der Waals surface area contributed by atoms with Gasteiger partial charge < -0.3 is 40.4 Å². The van der Waals surface area contributed by atoms with Crippen molar-refractivity contribution < 1.29 is 34.7 Å². The Kier molecular flexibility index (Phi) is 13.3. The molecule has 10 rings (SSSR count). The van der Waals surface area contributed by atoms with E-state index in [9.17, 15) is 19.5 Å². The molecule has 2 saturated heterocycles. The second kappa shape index (κ2) is 18.9. The molecule has 1 aromatic carbocycles. The standard InChI is InChI=1S/C54H76N8O6S/c1-8-62-42-16-15-34-23-36(42)37(47(62)35-11-9-19-56-45(35)32(4)67-7)25-52(5,6)30-68-50(65)39(55)12-10-20-57-48(63)40(24-43-58-41(34)27-69-43)59-49(64)46(31(2)3)60-21-17-53(28-60)18-22-61(29-53)51(66)54-26-38(54)44(54)33-13-14-33/h15-16,19,23,27,31-33,38-40,44,46,50,65H,8-14,17-18,20-22,24-26,28-30,55H2,1-7H3,(H,57,63)(H,59,64)/p+1/t32-,38?,39-,40-,44-,46-,50?,53-,54-/m0/s1. The molecule has 4 bridgehead atoms. The van der Waals surface area contributed by atoms with Gasteiger partial charge in [-0.3, -0.25) is 24.3 Å². The van der Waals surface area contributed by atoms with Crippen LogP contribution in [-0.4, -0.2) is 125 Å². The number of allylic oxidation sites excluding steroid dienone is 1. The Morgan fingerprint density at radius 2 is 1.93 bits per heavy atom. The lowest BCUT2D eigenvalue weighted by molar-refractivity contribution is -0.461. The monoisotopic (exact) mass is 966 g/mol. The van der Waals surface area contributed by atoms with Crippen molar-refractivity contribution in [2.24, 2.45) is 44.9 Å². The van der Waals surface area contributed by atoms with Crippen molar-refractivity contribution in [1.29, 1.82) is 0 Å². The minimum atomic E-state index is -1.07. The molecule has 2 aromatic heterocycles. The van der Waals surface area contributed by atoms with Crippen LogP contribution in [0.4, 0.5) is 0 Å². The molecule has 1 spiro atoms. The number of fused-ring (bicyclic) bond motifs is 5. The highest BCUT2D eigenvalue weighted by Crippen LogP contribution is 2.85. The molecule has 4 aliphatic heterocycles. The number of benzene rings is 1. The van der Waals surface area contributed by atoms with Gasteiger partial charge in [0.05, 0.1) is 46.3 Å². The van der Waals surface area contributed by atoms with E-state index < -0.39 is 24.4 Å². The van der Waals surface area contributed by atoms with E-state index in [0.717, 1.165) is 104 Å². The molecular weight excluding hydrogens is 889 g/mol. The Hall–Kier alpha value is -3.99. The summed E-state index contributed by atoms with van der Waals surface area (Å²) in [6.45, 7) is 17.4. The van der Waals surface area contributed by atoms with Gasteiger partial charge in [0.15, 0.2) is 0 Å². The summed E-state index contributed by atoms with van der Waals surface area (Å²) in [5, 5.41) is 21.6. The Labute approximate surface area is 412 Å². The number of aliphatic hydroxyl groups is 1. The number of aryl methyl sites for hydroxylation is 1. The van der Waals surface area contributed by atoms with Crippen LogP contribution in [-0.2, 0) is 43.2 Å². The van der Waals surface area contributed by atoms with Crippen molar-refractivity contribution in [2.45, 2.75) is 149 Å². The number of aliphatic imine (C=N–C) groups is 1. The van der Waals surface area contributed by atoms with E-state index >= 15 is 0 Å². The van der Waals surface area contributed by atoms with Crippen molar-refractivity contribution in [2.75, 3.05) is 46.4 Å². The molecule has 0 radical (unpaired) electrons. The average Bonchev–Trinajstić information content (AvgIpc) is 4.24. The Morgan fingerprint density at radius 1 is 1.13 bits per heavy atom. The molecule has 2 unspecified atom stereocenters. The second-order valence-corrected chi connectivity index (χ2v) is 24.1. The smallest absolute Gasteiger partial charge is 0.243 e. The van der Waals surface area contributed by atoms with Gasteiger partial charge in [-0.25, -0.2) is 4.98 Å². The fourth-order valence-corrected chi connectivity index (χ4v) is 13.9. The van der Waals surface area contributed by atoms with Crippen LogP contribution in [0.1, 0.15) is 116 Å². The number of aliphatic hydroxyl groups excluding tert-OH is 1. The van der Waals surface area contributed by atoms with Gasteiger partial charge in [-0.15, -0.1) is 11.3 Å². The van der Waals surface area contributed by atoms with Crippen molar-refractivity contribution in [3.05, 3.63) is 45.5 Å². The fourth-order valence-electron chi connectivity index (χ4n) is 13.1. The highest BCUT2D eigenvalue weighted by Gasteiger charge is 2.85. The van der Waals surface area contributed by atoms with E-state index in [1.165, 1.54) is 41.0 Å². The number of hydrogen-bond acceptors (Lipinski definition) is 10. The number of amides is 3. The molecule has 3 aromatic rings. The van der Waals surface area contributed by atoms with Crippen molar-refractivity contribution in [3.63, 3.8) is 0 Å². The van der Waals surface area contributed by atoms with Gasteiger partial charge in [-0.05, 0) is 125 Å². The van der Waals surface area contributed by atoms with Gasteiger partial charge >= 0.3 is 0 Å². The maximum atomic E-state index is 14.7. The third kappa shape index (κ3) is 9.26. The second-order valence-electron chi connectivity index (χ2n) is 23.1. The van der Waals surface area contributed by atoms with Crippen LogP contribution in [0.25, 0.3) is 27.7 Å². The number of carbonyl (C=O) groups is 3. The van der Waals surface area contributed by atoms with Gasteiger partial charge in [0.2, 0.25) is 24.0 Å². The summed E-state index contributed by atoms with van der Waals surface area (Å²) in [5.41, 5.74) is 11.3. The molecule has 14 nitrogen and oxygen atoms in total. The summed E-state index contributed by atoms with van der Waals surface area (Å²) in [6.07, 6.45) is 10.1. The van der Waals surface area contributed by atoms with Gasteiger partial charge in [0.25, 0.3) is 0 Å². The Morgan fingerprint density at radius 3 is 2.67 bits per heavy atom. The number of methoxy groups -OCH3 is 1. The summed E-state index contributed by atoms with van der Waals surface area (Å²) in [4.78, 5) is 57.4. The number of carbonyl (C=O) groups excluding carboxylic acids is 3. The minimum Gasteiger partial charge on any atom is -0.375 e. The molecular formula is C54H77N8O6S+. The third-order valence-electron chi connectivity index (χ3n) is 17.2. The van der Waals surface area contributed by atoms with Crippen LogP contribution >= 0.6 is 11.3 Å². The van der Waals surface area contributed by atoms with Gasteiger partial charge in [-0.1, -0.05) is 33.8 Å². The maximum absolute atomic E-state index is 14.7. The number of thiazole rings is 1. The molecule has 6 N–H and O–H groups in total. The number of likely N-dealkylation sites (tertiary alicyclic amines) is 2. The van der Waals surface area contributed by atoms with Gasteiger partial charge in [-0.2, -0.15) is 0 Å². The lowest BCUT2D eigenvalue weighted by Crippen LogP contribution is -2.67. The first-order chi connectivity index (χ1) is 33.1. The van der Waals surface area contributed by atoms with E-state index in [0.29, 0.717) is 50.2 Å². The number of ether oxygens (including phenoxy) is 2. The van der Waals surface area contributed by atoms with Crippen LogP contribution in [0, 0.1) is 39.9 Å². The van der Waals surface area contributed by atoms with E-state index in [2.05, 4.69) is 95.9 Å². The van der Waals surface area contributed by atoms with E-state index in [1.807, 2.05) is 6.21 Å². The zero-order valence-corrected chi connectivity index (χ0v) is 43.0. The summed E-state index contributed by atoms with van der Waals surface area (Å²) < 4.78 is 14.5. The van der Waals surface area contributed by atoms with Crippen molar-refractivity contribution in [1.82, 2.24) is 30.0 Å². The predicted molar refractivity (Wildman–Crippen MR) is 269 cm³/mol. The van der Waals surface area contributed by atoms with E-state index in [-0.39, 0.29) is 46.5 Å².